The van der Waals surface area contributed by atoms with Gasteiger partial charge in [-0.3, -0.25) is 9.29 Å². The lowest BCUT2D eigenvalue weighted by Gasteiger charge is -2.22. The van der Waals surface area contributed by atoms with Gasteiger partial charge in [0, 0.05) is 26.6 Å². The first-order valence-electron chi connectivity index (χ1n) is 9.65. The van der Waals surface area contributed by atoms with E-state index in [9.17, 15) is 8.42 Å². The summed E-state index contributed by atoms with van der Waals surface area (Å²) in [7, 11) is 1.47. The zero-order valence-corrected chi connectivity index (χ0v) is 20.5. The minimum absolute atomic E-state index is 0.00913. The van der Waals surface area contributed by atoms with Crippen molar-refractivity contribution in [3.05, 3.63) is 35.4 Å². The molecule has 2 unspecified atom stereocenters. The van der Waals surface area contributed by atoms with Crippen LogP contribution in [0.4, 0.5) is 5.95 Å². The van der Waals surface area contributed by atoms with Gasteiger partial charge in [-0.05, 0) is 6.92 Å². The molecule has 0 spiro atoms. The molecule has 0 radical (unpaired) electrons. The Morgan fingerprint density at radius 1 is 1.03 bits per heavy atom. The Labute approximate surface area is 200 Å². The molecule has 16 heteroatoms. The molecule has 0 aliphatic rings. The summed E-state index contributed by atoms with van der Waals surface area (Å²) < 4.78 is 51.6. The van der Waals surface area contributed by atoms with Gasteiger partial charge >= 0.3 is 0 Å². The Bertz CT molecular complexity index is 1200. The summed E-state index contributed by atoms with van der Waals surface area (Å²) in [6, 6.07) is 0. The first-order valence-corrected chi connectivity index (χ1v) is 11.6. The average molecular weight is 515 g/mol. The summed E-state index contributed by atoms with van der Waals surface area (Å²) in [5.74, 6) is 0.413. The molecule has 0 bridgehead atoms. The van der Waals surface area contributed by atoms with Gasteiger partial charge in [-0.1, -0.05) is 11.6 Å². The minimum atomic E-state index is -4.13. The molecule has 2 atom stereocenters. The highest BCUT2D eigenvalue weighted by atomic mass is 35.5. The SMILES string of the molecule is COCc1nnc(NS(=O)(=O)C(C)C(OC)c2ncc(Cl)cn2)n1-c1c(OC)ncnc1OC. The number of ether oxygens (including phenoxy) is 4. The number of halogens is 1. The van der Waals surface area contributed by atoms with Crippen molar-refractivity contribution in [2.45, 2.75) is 24.9 Å². The molecule has 0 amide bonds. The predicted molar refractivity (Wildman–Crippen MR) is 120 cm³/mol. The van der Waals surface area contributed by atoms with Crippen LogP contribution in [0.3, 0.4) is 0 Å². The van der Waals surface area contributed by atoms with Gasteiger partial charge in [-0.15, -0.1) is 10.2 Å². The molecule has 3 heterocycles. The third kappa shape index (κ3) is 5.16. The van der Waals surface area contributed by atoms with Crippen molar-refractivity contribution in [2.24, 2.45) is 0 Å². The number of nitrogens with one attached hydrogen (secondary N) is 1. The summed E-state index contributed by atoms with van der Waals surface area (Å²) in [6.07, 6.45) is 2.94. The third-order valence-corrected chi connectivity index (χ3v) is 6.56. The standard InChI is InChI=1S/C18H23ClN8O6S/c1-10(14(31-3)15-20-6-11(19)7-21-15)34(28,29)26-18-25-24-12(8-30-2)27(18)13-16(32-4)22-9-23-17(13)33-5/h6-7,9-10,14H,8H2,1-5H3,(H,25,26). The van der Waals surface area contributed by atoms with Crippen LogP contribution >= 0.6 is 11.6 Å². The van der Waals surface area contributed by atoms with E-state index in [1.165, 1.54) is 58.7 Å². The van der Waals surface area contributed by atoms with Crippen molar-refractivity contribution in [3.8, 4) is 17.4 Å². The second-order valence-electron chi connectivity index (χ2n) is 6.72. The molecule has 3 aromatic rings. The largest absolute Gasteiger partial charge is 0.479 e. The molecule has 0 saturated heterocycles. The van der Waals surface area contributed by atoms with Crippen molar-refractivity contribution in [2.75, 3.05) is 33.2 Å². The van der Waals surface area contributed by atoms with Crippen molar-refractivity contribution in [3.63, 3.8) is 0 Å². The fourth-order valence-corrected chi connectivity index (χ4v) is 4.27. The number of hydrogen-bond acceptors (Lipinski definition) is 12. The minimum Gasteiger partial charge on any atom is -0.479 e. The van der Waals surface area contributed by atoms with E-state index >= 15 is 0 Å². The summed E-state index contributed by atoms with van der Waals surface area (Å²) in [5.41, 5.74) is 0.180. The summed E-state index contributed by atoms with van der Waals surface area (Å²) in [6.45, 7) is 1.43. The van der Waals surface area contributed by atoms with E-state index in [1.807, 2.05) is 0 Å². The summed E-state index contributed by atoms with van der Waals surface area (Å²) in [5, 5.41) is 7.18. The fourth-order valence-electron chi connectivity index (χ4n) is 3.04. The Morgan fingerprint density at radius 3 is 2.18 bits per heavy atom. The van der Waals surface area contributed by atoms with E-state index in [1.54, 1.807) is 0 Å². The molecule has 14 nitrogen and oxygen atoms in total. The van der Waals surface area contributed by atoms with Crippen LogP contribution in [0.1, 0.15) is 24.7 Å². The summed E-state index contributed by atoms with van der Waals surface area (Å²) >= 11 is 5.83. The summed E-state index contributed by atoms with van der Waals surface area (Å²) in [4.78, 5) is 16.3. The third-order valence-electron chi connectivity index (χ3n) is 4.67. The Kier molecular flexibility index (Phi) is 8.14. The quantitative estimate of drug-likeness (QED) is 0.388. The van der Waals surface area contributed by atoms with Crippen molar-refractivity contribution >= 4 is 27.6 Å². The van der Waals surface area contributed by atoms with E-state index in [2.05, 4.69) is 34.9 Å². The monoisotopic (exact) mass is 514 g/mol. The van der Waals surface area contributed by atoms with Gasteiger partial charge < -0.3 is 18.9 Å². The van der Waals surface area contributed by atoms with Gasteiger partial charge in [0.2, 0.25) is 27.7 Å². The highest BCUT2D eigenvalue weighted by Gasteiger charge is 2.35. The Balaban J connectivity index is 2.05. The Hall–Kier alpha value is -3.14. The zero-order valence-electron chi connectivity index (χ0n) is 19.0. The highest BCUT2D eigenvalue weighted by Crippen LogP contribution is 2.33. The molecule has 0 aliphatic carbocycles. The van der Waals surface area contributed by atoms with E-state index in [0.29, 0.717) is 5.02 Å². The number of rotatable bonds is 11. The predicted octanol–water partition coefficient (Wildman–Crippen LogP) is 1.18. The topological polar surface area (TPSA) is 165 Å². The average Bonchev–Trinajstić information content (AvgIpc) is 3.21. The van der Waals surface area contributed by atoms with Crippen molar-refractivity contribution < 1.29 is 27.4 Å². The first-order chi connectivity index (χ1) is 16.3. The molecular formula is C18H23ClN8O6S. The van der Waals surface area contributed by atoms with Crippen LogP contribution in [-0.2, 0) is 26.1 Å². The van der Waals surface area contributed by atoms with Gasteiger partial charge in [0.15, 0.2) is 17.3 Å². The first kappa shape index (κ1) is 25.5. The Morgan fingerprint density at radius 2 is 1.65 bits per heavy atom. The molecule has 0 saturated carbocycles. The van der Waals surface area contributed by atoms with E-state index in [0.717, 1.165) is 0 Å². The number of sulfonamides is 1. The number of aromatic nitrogens is 7. The maximum absolute atomic E-state index is 13.3. The van der Waals surface area contributed by atoms with Crippen molar-refractivity contribution in [1.29, 1.82) is 0 Å². The lowest BCUT2D eigenvalue weighted by atomic mass is 10.2. The molecule has 3 rings (SSSR count). The molecular weight excluding hydrogens is 492 g/mol. The number of methoxy groups -OCH3 is 4. The van der Waals surface area contributed by atoms with Gasteiger partial charge in [0.1, 0.15) is 24.3 Å². The second-order valence-corrected chi connectivity index (χ2v) is 9.19. The molecule has 34 heavy (non-hydrogen) atoms. The highest BCUT2D eigenvalue weighted by molar-refractivity contribution is 7.93. The van der Waals surface area contributed by atoms with Gasteiger partial charge in [0.05, 0.1) is 19.2 Å². The molecule has 0 aliphatic heterocycles. The number of hydrogen-bond donors (Lipinski definition) is 1. The maximum atomic E-state index is 13.3. The normalized spacial score (nSPS) is 13.4. The number of anilines is 1. The molecule has 184 valence electrons. The van der Waals surface area contributed by atoms with Crippen LogP contribution in [0, 0.1) is 0 Å². The van der Waals surface area contributed by atoms with Crippen LogP contribution in [0.15, 0.2) is 18.7 Å². The number of nitrogens with zero attached hydrogens (tertiary/aromatic N) is 7. The molecule has 0 aromatic carbocycles. The van der Waals surface area contributed by atoms with Crippen LogP contribution < -0.4 is 14.2 Å². The van der Waals surface area contributed by atoms with Crippen molar-refractivity contribution in [1.82, 2.24) is 34.7 Å². The van der Waals surface area contributed by atoms with Crippen LogP contribution in [0.25, 0.3) is 5.69 Å². The molecule has 0 fully saturated rings. The second kappa shape index (κ2) is 10.9. The lowest BCUT2D eigenvalue weighted by molar-refractivity contribution is 0.0950. The van der Waals surface area contributed by atoms with Gasteiger partial charge in [-0.25, -0.2) is 18.4 Å². The van der Waals surface area contributed by atoms with Crippen LogP contribution in [-0.4, -0.2) is 76.8 Å². The van der Waals surface area contributed by atoms with E-state index in [4.69, 9.17) is 30.5 Å². The van der Waals surface area contributed by atoms with Gasteiger partial charge in [0.25, 0.3) is 0 Å². The van der Waals surface area contributed by atoms with Gasteiger partial charge in [-0.2, -0.15) is 9.97 Å². The smallest absolute Gasteiger partial charge is 0.245 e. The van der Waals surface area contributed by atoms with Crippen LogP contribution in [0.5, 0.6) is 11.8 Å². The lowest BCUT2D eigenvalue weighted by Crippen LogP contribution is -2.33. The fraction of sp³-hybridized carbons (Fsp3) is 0.444. The van der Waals surface area contributed by atoms with Crippen LogP contribution in [0.2, 0.25) is 5.02 Å². The molecule has 1 N–H and O–H groups in total. The molecule has 3 aromatic heterocycles. The zero-order chi connectivity index (χ0) is 24.9. The van der Waals surface area contributed by atoms with E-state index < -0.39 is 21.4 Å². The maximum Gasteiger partial charge on any atom is 0.245 e. The van der Waals surface area contributed by atoms with E-state index in [-0.39, 0.29) is 41.7 Å².